The lowest BCUT2D eigenvalue weighted by atomic mass is 10.0. The Labute approximate surface area is 122 Å². The molecule has 0 saturated carbocycles. The number of amides is 1. The SMILES string of the molecule is CCNc1nc(C)c(C(=O)N[C@]2(C)CCS(=O)(=O)C2)s1. The molecule has 1 aliphatic rings. The second kappa shape index (κ2) is 5.33. The van der Waals surface area contributed by atoms with E-state index in [1.165, 1.54) is 11.3 Å². The molecule has 2 heterocycles. The number of thiazole rings is 1. The van der Waals surface area contributed by atoms with Crippen LogP contribution in [-0.4, -0.2) is 42.9 Å². The lowest BCUT2D eigenvalue weighted by molar-refractivity contribution is 0.0919. The summed E-state index contributed by atoms with van der Waals surface area (Å²) in [5.74, 6) is -0.110. The molecule has 1 fully saturated rings. The topological polar surface area (TPSA) is 88.2 Å². The Morgan fingerprint density at radius 2 is 2.20 bits per heavy atom. The molecule has 8 heteroatoms. The molecule has 0 aromatic carbocycles. The van der Waals surface area contributed by atoms with E-state index in [9.17, 15) is 13.2 Å². The molecule has 1 atom stereocenters. The third-order valence-electron chi connectivity index (χ3n) is 3.25. The van der Waals surface area contributed by atoms with Crippen LogP contribution < -0.4 is 10.6 Å². The summed E-state index contributed by atoms with van der Waals surface area (Å²) in [4.78, 5) is 17.1. The minimum Gasteiger partial charge on any atom is -0.362 e. The number of anilines is 1. The van der Waals surface area contributed by atoms with Gasteiger partial charge in [-0.05, 0) is 27.2 Å². The molecule has 0 unspecified atom stereocenters. The summed E-state index contributed by atoms with van der Waals surface area (Å²) in [5, 5.41) is 6.63. The van der Waals surface area contributed by atoms with Crippen molar-refractivity contribution in [2.75, 3.05) is 23.4 Å². The molecule has 1 saturated heterocycles. The third-order valence-corrected chi connectivity index (χ3v) is 6.27. The average Bonchev–Trinajstić information content (AvgIpc) is 2.80. The van der Waals surface area contributed by atoms with Gasteiger partial charge in [-0.1, -0.05) is 11.3 Å². The normalized spacial score (nSPS) is 24.6. The molecular weight excluding hydrogens is 298 g/mol. The number of nitrogens with one attached hydrogen (secondary N) is 2. The van der Waals surface area contributed by atoms with Crippen molar-refractivity contribution in [3.63, 3.8) is 0 Å². The lowest BCUT2D eigenvalue weighted by Gasteiger charge is -2.23. The fourth-order valence-corrected chi connectivity index (χ4v) is 5.30. The van der Waals surface area contributed by atoms with Crippen LogP contribution in [0.2, 0.25) is 0 Å². The molecule has 0 bridgehead atoms. The molecule has 0 spiro atoms. The highest BCUT2D eigenvalue weighted by Gasteiger charge is 2.40. The molecule has 1 aromatic rings. The number of rotatable bonds is 4. The molecule has 6 nitrogen and oxygen atoms in total. The summed E-state index contributed by atoms with van der Waals surface area (Å²) in [6.07, 6.45) is 0.457. The quantitative estimate of drug-likeness (QED) is 0.871. The van der Waals surface area contributed by atoms with Crippen LogP contribution in [0.25, 0.3) is 0 Å². The van der Waals surface area contributed by atoms with E-state index in [4.69, 9.17) is 0 Å². The van der Waals surface area contributed by atoms with Gasteiger partial charge in [0.2, 0.25) is 0 Å². The number of aromatic nitrogens is 1. The van der Waals surface area contributed by atoms with Gasteiger partial charge in [-0.3, -0.25) is 4.79 Å². The van der Waals surface area contributed by atoms with E-state index >= 15 is 0 Å². The van der Waals surface area contributed by atoms with Gasteiger partial charge in [-0.25, -0.2) is 13.4 Å². The molecule has 1 aliphatic heterocycles. The predicted octanol–water partition coefficient (Wildman–Crippen LogP) is 1.19. The summed E-state index contributed by atoms with van der Waals surface area (Å²) >= 11 is 1.29. The van der Waals surface area contributed by atoms with Gasteiger partial charge >= 0.3 is 0 Å². The number of carbonyl (C=O) groups is 1. The predicted molar refractivity (Wildman–Crippen MR) is 80.2 cm³/mol. The second-order valence-electron chi connectivity index (χ2n) is 5.32. The fraction of sp³-hybridized carbons (Fsp3) is 0.667. The molecule has 20 heavy (non-hydrogen) atoms. The van der Waals surface area contributed by atoms with Crippen LogP contribution >= 0.6 is 11.3 Å². The van der Waals surface area contributed by atoms with Crippen LogP contribution in [0.3, 0.4) is 0 Å². The molecule has 0 radical (unpaired) electrons. The first kappa shape index (κ1) is 15.2. The van der Waals surface area contributed by atoms with Crippen LogP contribution in [0, 0.1) is 6.92 Å². The highest BCUT2D eigenvalue weighted by molar-refractivity contribution is 7.91. The molecule has 112 valence electrons. The molecule has 2 N–H and O–H groups in total. The van der Waals surface area contributed by atoms with Gasteiger partial charge in [-0.2, -0.15) is 0 Å². The number of hydrogen-bond donors (Lipinski definition) is 2. The molecule has 0 aliphatic carbocycles. The molecule has 2 rings (SSSR count). The number of carbonyl (C=O) groups excluding carboxylic acids is 1. The monoisotopic (exact) mass is 317 g/mol. The van der Waals surface area contributed by atoms with Gasteiger partial charge in [0.15, 0.2) is 15.0 Å². The van der Waals surface area contributed by atoms with E-state index < -0.39 is 15.4 Å². The zero-order chi connectivity index (χ0) is 15.0. The summed E-state index contributed by atoms with van der Waals surface area (Å²) < 4.78 is 23.1. The van der Waals surface area contributed by atoms with Gasteiger partial charge in [-0.15, -0.1) is 0 Å². The third kappa shape index (κ3) is 3.29. The van der Waals surface area contributed by atoms with E-state index in [-0.39, 0.29) is 17.4 Å². The minimum absolute atomic E-state index is 0.00363. The zero-order valence-electron chi connectivity index (χ0n) is 11.8. The van der Waals surface area contributed by atoms with Crippen LogP contribution in [0.15, 0.2) is 0 Å². The van der Waals surface area contributed by atoms with Gasteiger partial charge in [0.1, 0.15) is 4.88 Å². The van der Waals surface area contributed by atoms with Crippen molar-refractivity contribution in [3.8, 4) is 0 Å². The first-order valence-electron chi connectivity index (χ1n) is 6.49. The lowest BCUT2D eigenvalue weighted by Crippen LogP contribution is -2.46. The largest absolute Gasteiger partial charge is 0.362 e. The Balaban J connectivity index is 2.13. The maximum absolute atomic E-state index is 12.3. The summed E-state index contributed by atoms with van der Waals surface area (Å²) in [5.41, 5.74) is -0.0158. The number of nitrogens with zero attached hydrogens (tertiary/aromatic N) is 1. The number of sulfone groups is 1. The van der Waals surface area contributed by atoms with Crippen molar-refractivity contribution in [2.45, 2.75) is 32.7 Å². The van der Waals surface area contributed by atoms with Gasteiger partial charge in [0.05, 0.1) is 22.7 Å². The van der Waals surface area contributed by atoms with Crippen LogP contribution in [-0.2, 0) is 9.84 Å². The maximum atomic E-state index is 12.3. The van der Waals surface area contributed by atoms with Crippen molar-refractivity contribution >= 4 is 32.2 Å². The van der Waals surface area contributed by atoms with E-state index in [0.717, 1.165) is 6.54 Å². The number of hydrogen-bond acceptors (Lipinski definition) is 6. The summed E-state index contributed by atoms with van der Waals surface area (Å²) in [6, 6.07) is 0. The molecule has 1 amide bonds. The summed E-state index contributed by atoms with van der Waals surface area (Å²) in [7, 11) is -3.03. The van der Waals surface area contributed by atoms with Crippen molar-refractivity contribution in [1.29, 1.82) is 0 Å². The average molecular weight is 317 g/mol. The number of aryl methyl sites for hydroxylation is 1. The van der Waals surface area contributed by atoms with Crippen LogP contribution in [0.5, 0.6) is 0 Å². The minimum atomic E-state index is -3.03. The Morgan fingerprint density at radius 1 is 1.50 bits per heavy atom. The highest BCUT2D eigenvalue weighted by atomic mass is 32.2. The first-order chi connectivity index (χ1) is 9.25. The standard InChI is InChI=1S/C12H19N3O3S2/c1-4-13-11-14-8(2)9(19-11)10(16)15-12(3)5-6-20(17,18)7-12/h4-7H2,1-3H3,(H,13,14)(H,15,16)/t12-/m1/s1. The Bertz CT molecular complexity index is 624. The second-order valence-corrected chi connectivity index (χ2v) is 8.50. The maximum Gasteiger partial charge on any atom is 0.263 e. The van der Waals surface area contributed by atoms with Crippen molar-refractivity contribution in [2.24, 2.45) is 0 Å². The van der Waals surface area contributed by atoms with E-state index in [0.29, 0.717) is 22.1 Å². The van der Waals surface area contributed by atoms with Crippen LogP contribution in [0.1, 0.15) is 35.6 Å². The van der Waals surface area contributed by atoms with Crippen LogP contribution in [0.4, 0.5) is 5.13 Å². The van der Waals surface area contributed by atoms with Crippen molar-refractivity contribution in [1.82, 2.24) is 10.3 Å². The highest BCUT2D eigenvalue weighted by Crippen LogP contribution is 2.26. The molecule has 1 aromatic heterocycles. The summed E-state index contributed by atoms with van der Waals surface area (Å²) in [6.45, 7) is 6.25. The van der Waals surface area contributed by atoms with E-state index in [1.807, 2.05) is 6.92 Å². The van der Waals surface area contributed by atoms with Gasteiger partial charge < -0.3 is 10.6 Å². The van der Waals surface area contributed by atoms with Crippen molar-refractivity contribution in [3.05, 3.63) is 10.6 Å². The Morgan fingerprint density at radius 3 is 2.75 bits per heavy atom. The fourth-order valence-electron chi connectivity index (χ4n) is 2.27. The van der Waals surface area contributed by atoms with Crippen molar-refractivity contribution < 1.29 is 13.2 Å². The van der Waals surface area contributed by atoms with E-state index in [2.05, 4.69) is 15.6 Å². The Hall–Kier alpha value is -1.15. The Kier molecular flexibility index (Phi) is 4.06. The first-order valence-corrected chi connectivity index (χ1v) is 9.13. The van der Waals surface area contributed by atoms with Gasteiger partial charge in [0, 0.05) is 6.54 Å². The zero-order valence-corrected chi connectivity index (χ0v) is 13.4. The smallest absolute Gasteiger partial charge is 0.263 e. The van der Waals surface area contributed by atoms with Gasteiger partial charge in [0.25, 0.3) is 5.91 Å². The van der Waals surface area contributed by atoms with E-state index in [1.54, 1.807) is 13.8 Å². The molecular formula is C12H19N3O3S2.